The van der Waals surface area contributed by atoms with Crippen LogP contribution >= 0.6 is 0 Å². The van der Waals surface area contributed by atoms with Crippen molar-refractivity contribution in [2.24, 2.45) is 0 Å². The Morgan fingerprint density at radius 3 is 2.62 bits per heavy atom. The lowest BCUT2D eigenvalue weighted by Gasteiger charge is -2.31. The van der Waals surface area contributed by atoms with Crippen LogP contribution in [-0.4, -0.2) is 42.5 Å². The maximum atomic E-state index is 12.8. The number of hydrogen-bond donors (Lipinski definition) is 1. The van der Waals surface area contributed by atoms with Crippen molar-refractivity contribution >= 4 is 17.5 Å². The second kappa shape index (κ2) is 9.23. The predicted molar refractivity (Wildman–Crippen MR) is 115 cm³/mol. The van der Waals surface area contributed by atoms with E-state index in [0.717, 1.165) is 6.42 Å². The van der Waals surface area contributed by atoms with E-state index in [4.69, 9.17) is 4.74 Å². The van der Waals surface area contributed by atoms with Crippen molar-refractivity contribution in [1.29, 1.82) is 0 Å². The van der Waals surface area contributed by atoms with Crippen LogP contribution in [0.4, 0.5) is 5.69 Å². The van der Waals surface area contributed by atoms with Gasteiger partial charge in [-0.3, -0.25) is 9.59 Å². The molecule has 0 aliphatic carbocycles. The molecule has 5 nitrogen and oxygen atoms in total. The van der Waals surface area contributed by atoms with Crippen LogP contribution in [0.3, 0.4) is 0 Å². The molecule has 5 heteroatoms. The molecule has 1 saturated heterocycles. The summed E-state index contributed by atoms with van der Waals surface area (Å²) in [7, 11) is 0. The number of amides is 2. The van der Waals surface area contributed by atoms with Crippen LogP contribution in [0.15, 0.2) is 54.6 Å². The zero-order chi connectivity index (χ0) is 20.9. The Morgan fingerprint density at radius 1 is 1.14 bits per heavy atom. The van der Waals surface area contributed by atoms with Gasteiger partial charge in [-0.2, -0.15) is 0 Å². The average Bonchev–Trinajstić information content (AvgIpc) is 2.73. The Labute approximate surface area is 173 Å². The number of ether oxygens (including phenoxy) is 1. The molecule has 2 aromatic carbocycles. The summed E-state index contributed by atoms with van der Waals surface area (Å²) < 4.78 is 5.51. The van der Waals surface area contributed by atoms with Crippen molar-refractivity contribution in [3.8, 4) is 0 Å². The molecule has 1 heterocycles. The van der Waals surface area contributed by atoms with Crippen molar-refractivity contribution in [3.05, 3.63) is 65.7 Å². The Bertz CT molecular complexity index is 848. The molecular formula is C24H30N2O3. The molecule has 0 spiro atoms. The molecule has 154 valence electrons. The van der Waals surface area contributed by atoms with Gasteiger partial charge in [-0.05, 0) is 42.5 Å². The third-order valence-corrected chi connectivity index (χ3v) is 5.45. The van der Waals surface area contributed by atoms with Crippen LogP contribution in [0.25, 0.3) is 0 Å². The van der Waals surface area contributed by atoms with Crippen LogP contribution in [0.1, 0.15) is 49.5 Å². The van der Waals surface area contributed by atoms with Crippen molar-refractivity contribution in [3.63, 3.8) is 0 Å². The lowest BCUT2D eigenvalue weighted by atomic mass is 9.80. The van der Waals surface area contributed by atoms with Gasteiger partial charge in [0.1, 0.15) is 0 Å². The minimum absolute atomic E-state index is 0.0264. The van der Waals surface area contributed by atoms with E-state index in [1.807, 2.05) is 31.2 Å². The molecule has 1 aliphatic rings. The summed E-state index contributed by atoms with van der Waals surface area (Å²) in [6.45, 7) is 8.00. The largest absolute Gasteiger partial charge is 0.375 e. The molecule has 0 saturated carbocycles. The molecule has 29 heavy (non-hydrogen) atoms. The summed E-state index contributed by atoms with van der Waals surface area (Å²) in [6.07, 6.45) is 1.21. The number of morpholine rings is 1. The first-order chi connectivity index (χ1) is 13.8. The fraction of sp³-hybridized carbons (Fsp3) is 0.417. The Kier molecular flexibility index (Phi) is 6.70. The van der Waals surface area contributed by atoms with Gasteiger partial charge in [0.15, 0.2) is 0 Å². The lowest BCUT2D eigenvalue weighted by molar-refractivity contribution is -0.116. The summed E-state index contributed by atoms with van der Waals surface area (Å²) in [5.74, 6) is -0.0694. The Hall–Kier alpha value is -2.66. The highest BCUT2D eigenvalue weighted by atomic mass is 16.5. The maximum absolute atomic E-state index is 12.8. The first-order valence-corrected chi connectivity index (χ1v) is 10.2. The third kappa shape index (κ3) is 5.67. The summed E-state index contributed by atoms with van der Waals surface area (Å²) in [5.41, 5.74) is 2.38. The number of anilines is 1. The molecule has 1 atom stereocenters. The normalized spacial score (nSPS) is 17.1. The van der Waals surface area contributed by atoms with Gasteiger partial charge in [0.2, 0.25) is 5.91 Å². The van der Waals surface area contributed by atoms with Crippen LogP contribution in [-0.2, 0) is 14.9 Å². The van der Waals surface area contributed by atoms with Gasteiger partial charge < -0.3 is 15.0 Å². The highest BCUT2D eigenvalue weighted by Gasteiger charge is 2.23. The highest BCUT2D eigenvalue weighted by Crippen LogP contribution is 2.28. The van der Waals surface area contributed by atoms with Gasteiger partial charge in [-0.15, -0.1) is 0 Å². The number of carbonyl (C=O) groups is 2. The predicted octanol–water partition coefficient (Wildman–Crippen LogP) is 4.24. The molecule has 1 aliphatic heterocycles. The number of hydrogen-bond acceptors (Lipinski definition) is 3. The van der Waals surface area contributed by atoms with E-state index >= 15 is 0 Å². The van der Waals surface area contributed by atoms with Crippen molar-refractivity contribution < 1.29 is 14.3 Å². The third-order valence-electron chi connectivity index (χ3n) is 5.45. The van der Waals surface area contributed by atoms with E-state index in [1.165, 1.54) is 5.56 Å². The van der Waals surface area contributed by atoms with Crippen LogP contribution in [0.2, 0.25) is 0 Å². The standard InChI is InChI=1S/C24H30N2O3/c1-18-17-26(14-15-29-18)23(28)19-8-7-11-21(16-19)25-22(27)12-13-24(2,3)20-9-5-4-6-10-20/h4-11,16,18H,12-15,17H2,1-3H3,(H,25,27). The van der Waals surface area contributed by atoms with Gasteiger partial charge in [0, 0.05) is 30.8 Å². The van der Waals surface area contributed by atoms with Gasteiger partial charge >= 0.3 is 0 Å². The Morgan fingerprint density at radius 2 is 1.90 bits per heavy atom. The molecule has 1 N–H and O–H groups in total. The molecule has 1 unspecified atom stereocenters. The number of nitrogens with one attached hydrogen (secondary N) is 1. The maximum Gasteiger partial charge on any atom is 0.254 e. The molecule has 2 aromatic rings. The molecule has 0 radical (unpaired) electrons. The van der Waals surface area contributed by atoms with Crippen LogP contribution < -0.4 is 5.32 Å². The van der Waals surface area contributed by atoms with Gasteiger partial charge in [-0.1, -0.05) is 50.2 Å². The minimum atomic E-state index is -0.0799. The average molecular weight is 395 g/mol. The van der Waals surface area contributed by atoms with E-state index in [2.05, 4.69) is 31.3 Å². The zero-order valence-electron chi connectivity index (χ0n) is 17.5. The van der Waals surface area contributed by atoms with E-state index in [9.17, 15) is 9.59 Å². The molecule has 0 bridgehead atoms. The molecule has 2 amide bonds. The topological polar surface area (TPSA) is 58.6 Å². The van der Waals surface area contributed by atoms with Gasteiger partial charge in [0.05, 0.1) is 12.7 Å². The zero-order valence-corrected chi connectivity index (χ0v) is 17.5. The quantitative estimate of drug-likeness (QED) is 0.797. The van der Waals surface area contributed by atoms with Crippen molar-refractivity contribution in [2.45, 2.75) is 45.1 Å². The first-order valence-electron chi connectivity index (χ1n) is 10.2. The summed E-state index contributed by atoms with van der Waals surface area (Å²) >= 11 is 0. The van der Waals surface area contributed by atoms with Crippen molar-refractivity contribution in [2.75, 3.05) is 25.0 Å². The molecule has 1 fully saturated rings. The molecular weight excluding hydrogens is 364 g/mol. The lowest BCUT2D eigenvalue weighted by Crippen LogP contribution is -2.44. The molecule has 3 rings (SSSR count). The fourth-order valence-electron chi connectivity index (χ4n) is 3.60. The summed E-state index contributed by atoms with van der Waals surface area (Å²) in [5, 5.41) is 2.94. The van der Waals surface area contributed by atoms with Gasteiger partial charge in [0.25, 0.3) is 5.91 Å². The van der Waals surface area contributed by atoms with E-state index < -0.39 is 0 Å². The summed E-state index contributed by atoms with van der Waals surface area (Å²) in [6, 6.07) is 17.4. The highest BCUT2D eigenvalue weighted by molar-refractivity contribution is 5.97. The second-order valence-electron chi connectivity index (χ2n) is 8.31. The SMILES string of the molecule is CC1CN(C(=O)c2cccc(NC(=O)CCC(C)(C)c3ccccc3)c2)CCO1. The summed E-state index contributed by atoms with van der Waals surface area (Å²) in [4.78, 5) is 27.1. The van der Waals surface area contributed by atoms with E-state index in [-0.39, 0.29) is 23.3 Å². The first kappa shape index (κ1) is 21.1. The molecule has 0 aromatic heterocycles. The van der Waals surface area contributed by atoms with Gasteiger partial charge in [-0.25, -0.2) is 0 Å². The minimum Gasteiger partial charge on any atom is -0.375 e. The van der Waals surface area contributed by atoms with Crippen LogP contribution in [0.5, 0.6) is 0 Å². The van der Waals surface area contributed by atoms with Crippen LogP contribution in [0, 0.1) is 0 Å². The number of carbonyl (C=O) groups excluding carboxylic acids is 2. The second-order valence-corrected chi connectivity index (χ2v) is 8.31. The van der Waals surface area contributed by atoms with E-state index in [0.29, 0.717) is 37.4 Å². The monoisotopic (exact) mass is 394 g/mol. The number of benzene rings is 2. The number of nitrogens with zero attached hydrogens (tertiary/aromatic N) is 1. The smallest absolute Gasteiger partial charge is 0.254 e. The Balaban J connectivity index is 1.58. The fourth-order valence-corrected chi connectivity index (χ4v) is 3.60. The van der Waals surface area contributed by atoms with E-state index in [1.54, 1.807) is 23.1 Å². The number of rotatable bonds is 6. The van der Waals surface area contributed by atoms with Crippen molar-refractivity contribution in [1.82, 2.24) is 4.90 Å².